The van der Waals surface area contributed by atoms with Crippen LogP contribution >= 0.6 is 11.8 Å². The third kappa shape index (κ3) is 3.16. The highest BCUT2D eigenvalue weighted by Gasteiger charge is 2.14. The molecular formula is C13H17NO2S. The smallest absolute Gasteiger partial charge is 0.335 e. The van der Waals surface area contributed by atoms with Crippen LogP contribution in [0.4, 0.5) is 5.69 Å². The zero-order valence-electron chi connectivity index (χ0n) is 9.90. The highest BCUT2D eigenvalue weighted by Crippen LogP contribution is 2.22. The molecule has 0 spiro atoms. The van der Waals surface area contributed by atoms with Crippen molar-refractivity contribution in [3.05, 3.63) is 29.3 Å². The third-order valence-electron chi connectivity index (χ3n) is 2.99. The number of thioether (sulfide) groups is 1. The molecule has 0 radical (unpaired) electrons. The van der Waals surface area contributed by atoms with E-state index in [1.165, 1.54) is 18.6 Å². The molecule has 0 aromatic heterocycles. The Kier molecular flexibility index (Phi) is 3.94. The van der Waals surface area contributed by atoms with Crippen LogP contribution in [0.25, 0.3) is 0 Å². The number of hydrogen-bond donors (Lipinski definition) is 2. The Bertz CT molecular complexity index is 414. The van der Waals surface area contributed by atoms with Gasteiger partial charge in [-0.2, -0.15) is 11.8 Å². The second-order valence-electron chi connectivity index (χ2n) is 4.39. The summed E-state index contributed by atoms with van der Waals surface area (Å²) < 4.78 is 0. The van der Waals surface area contributed by atoms with Crippen molar-refractivity contribution in [2.45, 2.75) is 25.8 Å². The Hall–Kier alpha value is -1.16. The molecule has 1 aromatic rings. The standard InChI is InChI=1S/C13H17NO2S/c1-9-7-10(4-5-12(9)13(15)16)14-11-3-2-6-17-8-11/h4-5,7,11,14H,2-3,6,8H2,1H3,(H,15,16). The molecule has 17 heavy (non-hydrogen) atoms. The number of benzene rings is 1. The van der Waals surface area contributed by atoms with Gasteiger partial charge in [0.1, 0.15) is 0 Å². The first-order chi connectivity index (χ1) is 8.16. The quantitative estimate of drug-likeness (QED) is 0.867. The maximum absolute atomic E-state index is 10.9. The minimum Gasteiger partial charge on any atom is -0.478 e. The van der Waals surface area contributed by atoms with Gasteiger partial charge in [-0.15, -0.1) is 0 Å². The largest absolute Gasteiger partial charge is 0.478 e. The Labute approximate surface area is 106 Å². The summed E-state index contributed by atoms with van der Waals surface area (Å²) in [5.74, 6) is 1.54. The fraction of sp³-hybridized carbons (Fsp3) is 0.462. The highest BCUT2D eigenvalue weighted by atomic mass is 32.2. The Balaban J connectivity index is 2.06. The van der Waals surface area contributed by atoms with Crippen LogP contribution in [0.5, 0.6) is 0 Å². The van der Waals surface area contributed by atoms with Gasteiger partial charge >= 0.3 is 5.97 Å². The van der Waals surface area contributed by atoms with Crippen LogP contribution in [0.1, 0.15) is 28.8 Å². The lowest BCUT2D eigenvalue weighted by Crippen LogP contribution is -2.25. The number of carboxylic acid groups (broad SMARTS) is 1. The Morgan fingerprint density at radius 3 is 2.94 bits per heavy atom. The predicted octanol–water partition coefficient (Wildman–Crippen LogP) is 3.00. The van der Waals surface area contributed by atoms with Crippen LogP contribution in [0.3, 0.4) is 0 Å². The van der Waals surface area contributed by atoms with E-state index in [0.29, 0.717) is 11.6 Å². The summed E-state index contributed by atoms with van der Waals surface area (Å²) in [5.41, 5.74) is 2.22. The predicted molar refractivity (Wildman–Crippen MR) is 72.1 cm³/mol. The molecule has 1 aliphatic rings. The molecule has 1 aliphatic heterocycles. The van der Waals surface area contributed by atoms with Crippen molar-refractivity contribution in [2.75, 3.05) is 16.8 Å². The molecule has 2 rings (SSSR count). The molecule has 1 unspecified atom stereocenters. The minimum absolute atomic E-state index is 0.383. The summed E-state index contributed by atoms with van der Waals surface area (Å²) in [4.78, 5) is 10.9. The van der Waals surface area contributed by atoms with Gasteiger partial charge in [0.2, 0.25) is 0 Å². The van der Waals surface area contributed by atoms with Crippen LogP contribution in [-0.4, -0.2) is 28.6 Å². The summed E-state index contributed by atoms with van der Waals surface area (Å²) in [6, 6.07) is 5.97. The summed E-state index contributed by atoms with van der Waals surface area (Å²) in [7, 11) is 0. The summed E-state index contributed by atoms with van der Waals surface area (Å²) in [5, 5.41) is 12.4. The SMILES string of the molecule is Cc1cc(NC2CCCSC2)ccc1C(=O)O. The van der Waals surface area contributed by atoms with Crippen molar-refractivity contribution in [1.29, 1.82) is 0 Å². The van der Waals surface area contributed by atoms with Crippen LogP contribution in [-0.2, 0) is 0 Å². The number of aryl methyl sites for hydroxylation is 1. The van der Waals surface area contributed by atoms with E-state index in [1.54, 1.807) is 6.07 Å². The molecule has 1 heterocycles. The summed E-state index contributed by atoms with van der Waals surface area (Å²) >= 11 is 1.98. The molecule has 1 atom stereocenters. The van der Waals surface area contributed by atoms with Gasteiger partial charge in [0.25, 0.3) is 0 Å². The maximum Gasteiger partial charge on any atom is 0.335 e. The van der Waals surface area contributed by atoms with E-state index < -0.39 is 5.97 Å². The van der Waals surface area contributed by atoms with E-state index >= 15 is 0 Å². The second-order valence-corrected chi connectivity index (χ2v) is 5.54. The van der Waals surface area contributed by atoms with E-state index in [-0.39, 0.29) is 0 Å². The number of rotatable bonds is 3. The zero-order valence-corrected chi connectivity index (χ0v) is 10.7. The molecule has 92 valence electrons. The molecule has 1 fully saturated rings. The van der Waals surface area contributed by atoms with Crippen molar-refractivity contribution in [2.24, 2.45) is 0 Å². The van der Waals surface area contributed by atoms with Crippen molar-refractivity contribution < 1.29 is 9.90 Å². The molecule has 1 aromatic carbocycles. The van der Waals surface area contributed by atoms with E-state index in [4.69, 9.17) is 5.11 Å². The molecule has 4 heteroatoms. The number of carbonyl (C=O) groups is 1. The molecule has 0 bridgehead atoms. The van der Waals surface area contributed by atoms with Crippen molar-refractivity contribution in [3.8, 4) is 0 Å². The lowest BCUT2D eigenvalue weighted by molar-refractivity contribution is 0.0696. The molecule has 2 N–H and O–H groups in total. The summed E-state index contributed by atoms with van der Waals surface area (Å²) in [6.45, 7) is 1.84. The first-order valence-corrected chi connectivity index (χ1v) is 7.00. The fourth-order valence-electron chi connectivity index (χ4n) is 2.08. The normalized spacial score (nSPS) is 19.9. The minimum atomic E-state index is -0.859. The van der Waals surface area contributed by atoms with Crippen LogP contribution < -0.4 is 5.32 Å². The van der Waals surface area contributed by atoms with E-state index in [0.717, 1.165) is 17.0 Å². The molecule has 0 amide bonds. The fourth-order valence-corrected chi connectivity index (χ4v) is 3.16. The van der Waals surface area contributed by atoms with E-state index in [9.17, 15) is 4.79 Å². The molecule has 0 saturated carbocycles. The number of nitrogens with one attached hydrogen (secondary N) is 1. The van der Waals surface area contributed by atoms with Gasteiger partial charge in [0.05, 0.1) is 5.56 Å². The average molecular weight is 251 g/mol. The van der Waals surface area contributed by atoms with Crippen molar-refractivity contribution >= 4 is 23.4 Å². The lowest BCUT2D eigenvalue weighted by Gasteiger charge is -2.23. The first kappa shape index (κ1) is 12.3. The molecule has 0 aliphatic carbocycles. The molecule has 3 nitrogen and oxygen atoms in total. The van der Waals surface area contributed by atoms with Gasteiger partial charge in [0, 0.05) is 17.5 Å². The van der Waals surface area contributed by atoms with Crippen molar-refractivity contribution in [3.63, 3.8) is 0 Å². The van der Waals surface area contributed by atoms with Gasteiger partial charge in [-0.25, -0.2) is 4.79 Å². The van der Waals surface area contributed by atoms with Gasteiger partial charge < -0.3 is 10.4 Å². The third-order valence-corrected chi connectivity index (χ3v) is 4.20. The Morgan fingerprint density at radius 1 is 1.53 bits per heavy atom. The van der Waals surface area contributed by atoms with Gasteiger partial charge in [-0.05, 0) is 49.3 Å². The summed E-state index contributed by atoms with van der Waals surface area (Å²) in [6.07, 6.45) is 2.46. The second kappa shape index (κ2) is 5.45. The van der Waals surface area contributed by atoms with E-state index in [1.807, 2.05) is 30.8 Å². The van der Waals surface area contributed by atoms with Crippen LogP contribution in [0.2, 0.25) is 0 Å². The van der Waals surface area contributed by atoms with Crippen LogP contribution in [0.15, 0.2) is 18.2 Å². The molecule has 1 saturated heterocycles. The lowest BCUT2D eigenvalue weighted by atomic mass is 10.1. The number of hydrogen-bond acceptors (Lipinski definition) is 3. The highest BCUT2D eigenvalue weighted by molar-refractivity contribution is 7.99. The maximum atomic E-state index is 10.9. The number of carboxylic acids is 1. The van der Waals surface area contributed by atoms with Crippen molar-refractivity contribution in [1.82, 2.24) is 0 Å². The number of anilines is 1. The first-order valence-electron chi connectivity index (χ1n) is 5.85. The van der Waals surface area contributed by atoms with Gasteiger partial charge in [0.15, 0.2) is 0 Å². The van der Waals surface area contributed by atoms with Gasteiger partial charge in [-0.3, -0.25) is 0 Å². The van der Waals surface area contributed by atoms with E-state index in [2.05, 4.69) is 5.32 Å². The number of aromatic carboxylic acids is 1. The Morgan fingerprint density at radius 2 is 2.35 bits per heavy atom. The van der Waals surface area contributed by atoms with Gasteiger partial charge in [-0.1, -0.05) is 0 Å². The van der Waals surface area contributed by atoms with Crippen LogP contribution in [0, 0.1) is 6.92 Å². The molecular weight excluding hydrogens is 234 g/mol. The monoisotopic (exact) mass is 251 g/mol. The topological polar surface area (TPSA) is 49.3 Å². The average Bonchev–Trinajstić information content (AvgIpc) is 2.30. The zero-order chi connectivity index (χ0) is 12.3.